The largest absolute Gasteiger partial charge is 0.478 e. The normalized spacial score (nSPS) is 19.3. The highest BCUT2D eigenvalue weighted by atomic mass is 19.1. The van der Waals surface area contributed by atoms with E-state index < -0.39 is 24.0 Å². The number of anilines is 1. The van der Waals surface area contributed by atoms with Gasteiger partial charge in [-0.1, -0.05) is 6.07 Å². The van der Waals surface area contributed by atoms with E-state index >= 15 is 0 Å². The summed E-state index contributed by atoms with van der Waals surface area (Å²) in [6.07, 6.45) is -1.98. The monoisotopic (exact) mass is 239 g/mol. The zero-order chi connectivity index (χ0) is 12.6. The number of nitrogens with zero attached hydrogens (tertiary/aromatic N) is 1. The van der Waals surface area contributed by atoms with Crippen molar-refractivity contribution in [2.75, 3.05) is 11.4 Å². The fourth-order valence-corrected chi connectivity index (χ4v) is 1.55. The Morgan fingerprint density at radius 1 is 1.59 bits per heavy atom. The van der Waals surface area contributed by atoms with Crippen LogP contribution in [0.3, 0.4) is 0 Å². The molecule has 1 amide bonds. The molecule has 1 aliphatic heterocycles. The number of carbonyl (C=O) groups is 2. The lowest BCUT2D eigenvalue weighted by molar-refractivity contribution is -0.144. The van der Waals surface area contributed by atoms with Gasteiger partial charge in [-0.3, -0.25) is 4.90 Å². The molecule has 5 nitrogen and oxygen atoms in total. The Morgan fingerprint density at radius 3 is 2.82 bits per heavy atom. The molecule has 1 aliphatic rings. The molecule has 1 atom stereocenters. The third-order valence-electron chi connectivity index (χ3n) is 2.55. The van der Waals surface area contributed by atoms with E-state index in [-0.39, 0.29) is 6.54 Å². The number of hydrogen-bond donors (Lipinski definition) is 1. The first-order chi connectivity index (χ1) is 7.99. The Kier molecular flexibility index (Phi) is 2.71. The van der Waals surface area contributed by atoms with Crippen LogP contribution in [-0.2, 0) is 9.53 Å². The minimum atomic E-state index is -1.21. The molecule has 1 fully saturated rings. The summed E-state index contributed by atoms with van der Waals surface area (Å²) in [6, 6.07) is 4.25. The van der Waals surface area contributed by atoms with Gasteiger partial charge in [-0.25, -0.2) is 14.0 Å². The second-order valence-electron chi connectivity index (χ2n) is 3.75. The highest BCUT2D eigenvalue weighted by Gasteiger charge is 2.37. The van der Waals surface area contributed by atoms with Crippen molar-refractivity contribution in [3.8, 4) is 0 Å². The van der Waals surface area contributed by atoms with Crippen LogP contribution in [0.1, 0.15) is 5.56 Å². The molecule has 0 aromatic heterocycles. The van der Waals surface area contributed by atoms with Crippen LogP contribution in [0, 0.1) is 12.7 Å². The minimum Gasteiger partial charge on any atom is -0.478 e. The highest BCUT2D eigenvalue weighted by Crippen LogP contribution is 2.23. The molecule has 1 N–H and O–H groups in total. The van der Waals surface area contributed by atoms with Gasteiger partial charge in [-0.05, 0) is 24.6 Å². The van der Waals surface area contributed by atoms with E-state index in [1.54, 1.807) is 13.0 Å². The summed E-state index contributed by atoms with van der Waals surface area (Å²) in [7, 11) is 0. The molecular weight excluding hydrogens is 229 g/mol. The molecule has 0 aliphatic carbocycles. The second kappa shape index (κ2) is 4.04. The Balaban J connectivity index is 2.26. The molecule has 1 unspecified atom stereocenters. The van der Waals surface area contributed by atoms with Gasteiger partial charge < -0.3 is 9.84 Å². The third-order valence-corrected chi connectivity index (χ3v) is 2.55. The standard InChI is InChI=1S/C11H10FNO4/c1-6-2-3-7(4-8(6)12)13-5-9(10(14)15)17-11(13)16/h2-4,9H,5H2,1H3,(H,14,15). The Morgan fingerprint density at radius 2 is 2.29 bits per heavy atom. The van der Waals surface area contributed by atoms with Crippen LogP contribution >= 0.6 is 0 Å². The molecule has 1 saturated heterocycles. The fourth-order valence-electron chi connectivity index (χ4n) is 1.55. The van der Waals surface area contributed by atoms with Crippen LogP contribution < -0.4 is 4.90 Å². The molecule has 0 spiro atoms. The summed E-state index contributed by atoms with van der Waals surface area (Å²) in [4.78, 5) is 23.2. The van der Waals surface area contributed by atoms with Gasteiger partial charge in [0.15, 0.2) is 0 Å². The van der Waals surface area contributed by atoms with Crippen molar-refractivity contribution in [1.29, 1.82) is 0 Å². The predicted octanol–water partition coefficient (Wildman–Crippen LogP) is 1.54. The van der Waals surface area contributed by atoms with Crippen molar-refractivity contribution >= 4 is 17.7 Å². The van der Waals surface area contributed by atoms with E-state index in [2.05, 4.69) is 4.74 Å². The predicted molar refractivity (Wildman–Crippen MR) is 56.4 cm³/mol. The first kappa shape index (κ1) is 11.4. The molecule has 0 radical (unpaired) electrons. The van der Waals surface area contributed by atoms with E-state index in [1.807, 2.05) is 0 Å². The van der Waals surface area contributed by atoms with Gasteiger partial charge in [0, 0.05) is 0 Å². The quantitative estimate of drug-likeness (QED) is 0.850. The van der Waals surface area contributed by atoms with Gasteiger partial charge in [0.2, 0.25) is 6.10 Å². The number of aryl methyl sites for hydroxylation is 1. The van der Waals surface area contributed by atoms with Gasteiger partial charge >= 0.3 is 12.1 Å². The van der Waals surface area contributed by atoms with Crippen molar-refractivity contribution in [2.45, 2.75) is 13.0 Å². The number of aliphatic carboxylic acids is 1. The maximum atomic E-state index is 13.3. The van der Waals surface area contributed by atoms with Crippen molar-refractivity contribution in [1.82, 2.24) is 0 Å². The molecule has 1 aromatic rings. The number of hydrogen-bond acceptors (Lipinski definition) is 3. The molecule has 17 heavy (non-hydrogen) atoms. The lowest BCUT2D eigenvalue weighted by atomic mass is 10.2. The summed E-state index contributed by atoms with van der Waals surface area (Å²) < 4.78 is 17.9. The molecular formula is C11H10FNO4. The van der Waals surface area contributed by atoms with Crippen LogP contribution in [0.4, 0.5) is 14.9 Å². The number of carbonyl (C=O) groups excluding carboxylic acids is 1. The van der Waals surface area contributed by atoms with E-state index in [4.69, 9.17) is 5.11 Å². The molecule has 2 rings (SSSR count). The molecule has 1 heterocycles. The maximum Gasteiger partial charge on any atom is 0.415 e. The van der Waals surface area contributed by atoms with Gasteiger partial charge in [0.1, 0.15) is 5.82 Å². The second-order valence-corrected chi connectivity index (χ2v) is 3.75. The average molecular weight is 239 g/mol. The first-order valence-electron chi connectivity index (χ1n) is 4.96. The number of benzene rings is 1. The highest BCUT2D eigenvalue weighted by molar-refractivity contribution is 5.93. The minimum absolute atomic E-state index is 0.114. The van der Waals surface area contributed by atoms with Crippen molar-refractivity contribution in [2.24, 2.45) is 0 Å². The van der Waals surface area contributed by atoms with Crippen LogP contribution in [0.25, 0.3) is 0 Å². The summed E-state index contributed by atoms with van der Waals surface area (Å²) in [6.45, 7) is 1.48. The number of halogens is 1. The smallest absolute Gasteiger partial charge is 0.415 e. The Hall–Kier alpha value is -2.11. The van der Waals surface area contributed by atoms with E-state index in [1.165, 1.54) is 12.1 Å². The molecule has 6 heteroatoms. The van der Waals surface area contributed by atoms with Gasteiger partial charge in [-0.15, -0.1) is 0 Å². The number of rotatable bonds is 2. The van der Waals surface area contributed by atoms with Crippen molar-refractivity contribution in [3.05, 3.63) is 29.6 Å². The first-order valence-corrected chi connectivity index (χ1v) is 4.96. The summed E-state index contributed by atoms with van der Waals surface area (Å²) in [5, 5.41) is 8.72. The van der Waals surface area contributed by atoms with Gasteiger partial charge in [0.05, 0.1) is 12.2 Å². The van der Waals surface area contributed by atoms with E-state index in [0.717, 1.165) is 4.90 Å². The van der Waals surface area contributed by atoms with Crippen molar-refractivity contribution in [3.63, 3.8) is 0 Å². The summed E-state index contributed by atoms with van der Waals surface area (Å²) in [5.74, 6) is -1.66. The van der Waals surface area contributed by atoms with Crippen LogP contribution in [0.2, 0.25) is 0 Å². The van der Waals surface area contributed by atoms with Crippen LogP contribution in [0.5, 0.6) is 0 Å². The zero-order valence-corrected chi connectivity index (χ0v) is 9.01. The topological polar surface area (TPSA) is 66.8 Å². The van der Waals surface area contributed by atoms with Gasteiger partial charge in [-0.2, -0.15) is 0 Å². The lowest BCUT2D eigenvalue weighted by Crippen LogP contribution is -2.27. The number of ether oxygens (including phenoxy) is 1. The Bertz CT molecular complexity index is 488. The van der Waals surface area contributed by atoms with Crippen LogP contribution in [0.15, 0.2) is 18.2 Å². The fraction of sp³-hybridized carbons (Fsp3) is 0.273. The van der Waals surface area contributed by atoms with Crippen molar-refractivity contribution < 1.29 is 23.8 Å². The number of amides is 1. The van der Waals surface area contributed by atoms with Gasteiger partial charge in [0.25, 0.3) is 0 Å². The third kappa shape index (κ3) is 2.06. The van der Waals surface area contributed by atoms with E-state index in [9.17, 15) is 14.0 Å². The Labute approximate surface area is 96.4 Å². The summed E-state index contributed by atoms with van der Waals surface area (Å²) in [5.41, 5.74) is 0.748. The van der Waals surface area contributed by atoms with Crippen LogP contribution in [-0.4, -0.2) is 29.8 Å². The lowest BCUT2D eigenvalue weighted by Gasteiger charge is -2.12. The number of carboxylic acid groups (broad SMARTS) is 1. The maximum absolute atomic E-state index is 13.3. The average Bonchev–Trinajstić information content (AvgIpc) is 2.65. The number of carboxylic acids is 1. The molecule has 90 valence electrons. The zero-order valence-electron chi connectivity index (χ0n) is 9.01. The molecule has 0 bridgehead atoms. The van der Waals surface area contributed by atoms with E-state index in [0.29, 0.717) is 11.3 Å². The SMILES string of the molecule is Cc1ccc(N2CC(C(=O)O)OC2=O)cc1F. The molecule has 1 aromatic carbocycles. The summed E-state index contributed by atoms with van der Waals surface area (Å²) >= 11 is 0. The number of cyclic esters (lactones) is 1. The molecule has 0 saturated carbocycles.